The van der Waals surface area contributed by atoms with Gasteiger partial charge < -0.3 is 19.5 Å². The van der Waals surface area contributed by atoms with E-state index in [1.54, 1.807) is 57.0 Å². The number of imide groups is 1. The minimum atomic E-state index is -1.30. The second-order valence-corrected chi connectivity index (χ2v) is 12.7. The molecule has 5 rings (SSSR count). The van der Waals surface area contributed by atoms with Crippen molar-refractivity contribution >= 4 is 29.8 Å². The molecular formula is C35H40N4O7. The van der Waals surface area contributed by atoms with Crippen LogP contribution in [-0.2, 0) is 27.3 Å². The number of urea groups is 1. The molecule has 0 saturated carbocycles. The predicted molar refractivity (Wildman–Crippen MR) is 170 cm³/mol. The van der Waals surface area contributed by atoms with E-state index in [1.165, 1.54) is 11.1 Å². The van der Waals surface area contributed by atoms with Crippen molar-refractivity contribution in [3.63, 3.8) is 0 Å². The number of benzene rings is 2. The normalized spacial score (nSPS) is 19.7. The highest BCUT2D eigenvalue weighted by molar-refractivity contribution is 6.07. The van der Waals surface area contributed by atoms with Gasteiger partial charge in [0, 0.05) is 25.2 Å². The molecule has 3 atom stereocenters. The molecule has 0 radical (unpaired) electrons. The standard InChI is InChI=1S/C35H40N4O7/c1-35(2,3)46-34(44)38(21-23-12-14-27(45-4)15-13-23)29-20-24(16-17-36-29)19-28-30(32(41)42)39(31(28)40)33(43)37-18-8-11-26(22-37)25-9-6-5-7-10-25/h5-7,9-10,12-17,20,26,28,30H,8,11,18-19,21-22H2,1-4H3,(H,41,42)/t26?,28-,30+/m1/s1. The van der Waals surface area contributed by atoms with Crippen LogP contribution in [0.3, 0.4) is 0 Å². The van der Waals surface area contributed by atoms with Crippen molar-refractivity contribution in [3.8, 4) is 5.75 Å². The Morgan fingerprint density at radius 1 is 1.02 bits per heavy atom. The quantitative estimate of drug-likeness (QED) is 0.325. The van der Waals surface area contributed by atoms with Gasteiger partial charge in [0.2, 0.25) is 5.91 Å². The third-order valence-corrected chi connectivity index (χ3v) is 8.29. The molecule has 2 saturated heterocycles. The van der Waals surface area contributed by atoms with E-state index in [4.69, 9.17) is 9.47 Å². The Morgan fingerprint density at radius 3 is 2.39 bits per heavy atom. The lowest BCUT2D eigenvalue weighted by atomic mass is 9.82. The molecule has 2 fully saturated rings. The van der Waals surface area contributed by atoms with Gasteiger partial charge in [-0.2, -0.15) is 0 Å². The number of carboxylic acid groups (broad SMARTS) is 1. The number of aromatic nitrogens is 1. The van der Waals surface area contributed by atoms with Gasteiger partial charge in [0.1, 0.15) is 17.2 Å². The molecule has 11 heteroatoms. The number of carbonyl (C=O) groups excluding carboxylic acids is 3. The van der Waals surface area contributed by atoms with E-state index in [1.807, 2.05) is 42.5 Å². The molecule has 2 aromatic carbocycles. The molecule has 0 bridgehead atoms. The molecule has 242 valence electrons. The average Bonchev–Trinajstić information content (AvgIpc) is 3.04. The first kappa shape index (κ1) is 32.5. The van der Waals surface area contributed by atoms with Crippen molar-refractivity contribution in [3.05, 3.63) is 89.6 Å². The molecule has 0 spiro atoms. The van der Waals surface area contributed by atoms with E-state index in [2.05, 4.69) is 4.98 Å². The Kier molecular flexibility index (Phi) is 9.60. The summed E-state index contributed by atoms with van der Waals surface area (Å²) in [5.74, 6) is -1.62. The predicted octanol–water partition coefficient (Wildman–Crippen LogP) is 5.49. The molecule has 2 aliphatic rings. The summed E-state index contributed by atoms with van der Waals surface area (Å²) in [5, 5.41) is 10.1. The Hall–Kier alpha value is -4.93. The number of aliphatic carboxylic acids is 1. The smallest absolute Gasteiger partial charge is 0.416 e. The number of methoxy groups -OCH3 is 1. The zero-order valence-corrected chi connectivity index (χ0v) is 26.6. The van der Waals surface area contributed by atoms with Gasteiger partial charge in [-0.1, -0.05) is 42.5 Å². The van der Waals surface area contributed by atoms with Gasteiger partial charge in [0.25, 0.3) is 0 Å². The van der Waals surface area contributed by atoms with Crippen molar-refractivity contribution in [2.45, 2.75) is 64.1 Å². The van der Waals surface area contributed by atoms with Crippen molar-refractivity contribution in [1.82, 2.24) is 14.8 Å². The van der Waals surface area contributed by atoms with Gasteiger partial charge in [-0.05, 0) is 81.0 Å². The molecule has 0 aliphatic carbocycles. The van der Waals surface area contributed by atoms with E-state index < -0.39 is 41.6 Å². The fraction of sp³-hybridized carbons (Fsp3) is 0.400. The van der Waals surface area contributed by atoms with E-state index >= 15 is 0 Å². The van der Waals surface area contributed by atoms with Gasteiger partial charge in [-0.25, -0.2) is 24.3 Å². The number of likely N-dealkylation sites (tertiary alicyclic amines) is 2. The zero-order chi connectivity index (χ0) is 33.0. The first-order valence-corrected chi connectivity index (χ1v) is 15.4. The summed E-state index contributed by atoms with van der Waals surface area (Å²) >= 11 is 0. The van der Waals surface area contributed by atoms with Crippen LogP contribution in [0.2, 0.25) is 0 Å². The van der Waals surface area contributed by atoms with E-state index in [0.717, 1.165) is 28.9 Å². The number of pyridine rings is 1. The van der Waals surface area contributed by atoms with Crippen molar-refractivity contribution < 1.29 is 33.8 Å². The lowest BCUT2D eigenvalue weighted by Crippen LogP contribution is -2.69. The summed E-state index contributed by atoms with van der Waals surface area (Å²) in [5.41, 5.74) is 1.77. The van der Waals surface area contributed by atoms with Crippen LogP contribution in [0.15, 0.2) is 72.9 Å². The third kappa shape index (κ3) is 7.30. The summed E-state index contributed by atoms with van der Waals surface area (Å²) < 4.78 is 10.9. The van der Waals surface area contributed by atoms with Gasteiger partial charge in [-0.15, -0.1) is 0 Å². The molecule has 1 unspecified atom stereocenters. The average molecular weight is 629 g/mol. The third-order valence-electron chi connectivity index (χ3n) is 8.29. The number of nitrogens with zero attached hydrogens (tertiary/aromatic N) is 4. The van der Waals surface area contributed by atoms with Crippen LogP contribution in [0.1, 0.15) is 56.2 Å². The van der Waals surface area contributed by atoms with Gasteiger partial charge in [0.05, 0.1) is 19.6 Å². The number of anilines is 1. The molecule has 1 aromatic heterocycles. The Balaban J connectivity index is 1.33. The number of β-lactam (4-membered cyclic amide) rings is 1. The minimum absolute atomic E-state index is 0.0619. The fourth-order valence-corrected chi connectivity index (χ4v) is 6.00. The summed E-state index contributed by atoms with van der Waals surface area (Å²) in [6.45, 7) is 6.35. The van der Waals surface area contributed by atoms with Crippen LogP contribution < -0.4 is 9.64 Å². The number of rotatable bonds is 8. The van der Waals surface area contributed by atoms with Crippen LogP contribution in [0.25, 0.3) is 0 Å². The maximum Gasteiger partial charge on any atom is 0.416 e. The zero-order valence-electron chi connectivity index (χ0n) is 26.6. The second-order valence-electron chi connectivity index (χ2n) is 12.7. The van der Waals surface area contributed by atoms with Gasteiger partial charge >= 0.3 is 18.1 Å². The largest absolute Gasteiger partial charge is 0.497 e. The van der Waals surface area contributed by atoms with E-state index in [9.17, 15) is 24.3 Å². The maximum absolute atomic E-state index is 13.5. The van der Waals surface area contributed by atoms with E-state index in [0.29, 0.717) is 24.4 Å². The molecule has 3 aromatic rings. The number of hydrogen-bond donors (Lipinski definition) is 1. The fourth-order valence-electron chi connectivity index (χ4n) is 6.00. The van der Waals surface area contributed by atoms with Gasteiger partial charge in [-0.3, -0.25) is 9.69 Å². The summed E-state index contributed by atoms with van der Waals surface area (Å²) in [6.07, 6.45) is 2.64. The summed E-state index contributed by atoms with van der Waals surface area (Å²) in [4.78, 5) is 60.9. The summed E-state index contributed by atoms with van der Waals surface area (Å²) in [6, 6.07) is 18.6. The minimum Gasteiger partial charge on any atom is -0.497 e. The highest BCUT2D eigenvalue weighted by Gasteiger charge is 2.55. The highest BCUT2D eigenvalue weighted by atomic mass is 16.6. The molecule has 2 aliphatic heterocycles. The first-order chi connectivity index (χ1) is 21.9. The van der Waals surface area contributed by atoms with Crippen molar-refractivity contribution in [1.29, 1.82) is 0 Å². The number of amides is 4. The van der Waals surface area contributed by atoms with Crippen LogP contribution in [-0.4, -0.2) is 75.7 Å². The number of carboxylic acids is 1. The van der Waals surface area contributed by atoms with E-state index in [-0.39, 0.29) is 24.7 Å². The molecule has 1 N–H and O–H groups in total. The monoisotopic (exact) mass is 628 g/mol. The van der Waals surface area contributed by atoms with Gasteiger partial charge in [0.15, 0.2) is 6.04 Å². The summed E-state index contributed by atoms with van der Waals surface area (Å²) in [7, 11) is 1.57. The second kappa shape index (κ2) is 13.6. The molecule has 11 nitrogen and oxygen atoms in total. The van der Waals surface area contributed by atoms with Crippen LogP contribution in [0, 0.1) is 5.92 Å². The lowest BCUT2D eigenvalue weighted by Gasteiger charge is -2.46. The maximum atomic E-state index is 13.5. The lowest BCUT2D eigenvalue weighted by molar-refractivity contribution is -0.166. The first-order valence-electron chi connectivity index (χ1n) is 15.4. The molecule has 46 heavy (non-hydrogen) atoms. The molecule has 4 amide bonds. The van der Waals surface area contributed by atoms with Crippen LogP contribution >= 0.6 is 0 Å². The molecular weight excluding hydrogens is 588 g/mol. The molecule has 3 heterocycles. The number of piperidine rings is 1. The highest BCUT2D eigenvalue weighted by Crippen LogP contribution is 2.34. The SMILES string of the molecule is COc1ccc(CN(C(=O)OC(C)(C)C)c2cc(C[C@H]3C(=O)N(C(=O)N4CCCC(c5ccccc5)C4)[C@@H]3C(=O)O)ccn2)cc1. The number of hydrogen-bond acceptors (Lipinski definition) is 7. The number of ether oxygens (including phenoxy) is 2. The topological polar surface area (TPSA) is 130 Å². The Labute approximate surface area is 268 Å². The van der Waals surface area contributed by atoms with Crippen LogP contribution in [0.5, 0.6) is 5.75 Å². The number of carbonyl (C=O) groups is 4. The van der Waals surface area contributed by atoms with Crippen LogP contribution in [0.4, 0.5) is 15.4 Å². The van der Waals surface area contributed by atoms with Crippen molar-refractivity contribution in [2.75, 3.05) is 25.1 Å². The Morgan fingerprint density at radius 2 is 1.74 bits per heavy atom. The van der Waals surface area contributed by atoms with Crippen molar-refractivity contribution in [2.24, 2.45) is 5.92 Å². The Bertz CT molecular complexity index is 1570.